The van der Waals surface area contributed by atoms with Crippen LogP contribution in [-0.2, 0) is 9.59 Å². The molecule has 1 N–H and O–H groups in total. The summed E-state index contributed by atoms with van der Waals surface area (Å²) >= 11 is 0. The summed E-state index contributed by atoms with van der Waals surface area (Å²) in [4.78, 5) is 25.7. The van der Waals surface area contributed by atoms with Gasteiger partial charge < -0.3 is 10.2 Å². The molecular weight excluding hydrogens is 300 g/mol. The largest absolute Gasteiger partial charge is 0.323 e. The molecule has 0 unspecified atom stereocenters. The topological polar surface area (TPSA) is 49.4 Å². The molecular formula is C20H20N2O2. The van der Waals surface area contributed by atoms with E-state index < -0.39 is 0 Å². The molecule has 0 aliphatic carbocycles. The number of anilines is 2. The lowest BCUT2D eigenvalue weighted by Gasteiger charge is -2.19. The first-order valence-electron chi connectivity index (χ1n) is 8.08. The van der Waals surface area contributed by atoms with Gasteiger partial charge in [-0.15, -0.1) is 0 Å². The Morgan fingerprint density at radius 3 is 2.62 bits per heavy atom. The van der Waals surface area contributed by atoms with Gasteiger partial charge in [-0.2, -0.15) is 0 Å². The van der Waals surface area contributed by atoms with Gasteiger partial charge in [0.05, 0.1) is 0 Å². The van der Waals surface area contributed by atoms with Gasteiger partial charge in [0.2, 0.25) is 11.8 Å². The maximum absolute atomic E-state index is 12.0. The molecule has 2 aromatic rings. The van der Waals surface area contributed by atoms with Crippen LogP contribution in [0.15, 0.2) is 54.6 Å². The van der Waals surface area contributed by atoms with E-state index in [1.165, 1.54) is 6.08 Å². The Bertz CT molecular complexity index is 781. The Morgan fingerprint density at radius 2 is 1.96 bits per heavy atom. The fraction of sp³-hybridized carbons (Fsp3) is 0.200. The van der Waals surface area contributed by atoms with Gasteiger partial charge >= 0.3 is 0 Å². The first-order chi connectivity index (χ1) is 11.6. The maximum atomic E-state index is 12.0. The summed E-state index contributed by atoms with van der Waals surface area (Å²) in [6.07, 6.45) is 4.81. The van der Waals surface area contributed by atoms with Crippen molar-refractivity contribution in [1.82, 2.24) is 0 Å². The van der Waals surface area contributed by atoms with Crippen molar-refractivity contribution >= 4 is 29.3 Å². The zero-order chi connectivity index (χ0) is 16.9. The van der Waals surface area contributed by atoms with E-state index in [9.17, 15) is 9.59 Å². The summed E-state index contributed by atoms with van der Waals surface area (Å²) in [7, 11) is 0. The summed E-state index contributed by atoms with van der Waals surface area (Å²) in [5, 5.41) is 2.85. The van der Waals surface area contributed by atoms with Crippen LogP contribution in [0.2, 0.25) is 0 Å². The standard InChI is InChI=1S/C20H20N2O2/c1-15-14-17(10-11-18(15)22-13-5-8-20(22)24)21-19(23)12-9-16-6-3-2-4-7-16/h2-4,6-7,9-12,14H,5,8,13H2,1H3,(H,21,23)/b12-9+. The zero-order valence-corrected chi connectivity index (χ0v) is 13.7. The molecule has 122 valence electrons. The number of carbonyl (C=O) groups excluding carboxylic acids is 2. The molecule has 1 aliphatic rings. The number of amides is 2. The third kappa shape index (κ3) is 3.71. The molecule has 24 heavy (non-hydrogen) atoms. The van der Waals surface area contributed by atoms with Crippen molar-refractivity contribution in [3.8, 4) is 0 Å². The predicted octanol–water partition coefficient (Wildman–Crippen LogP) is 3.77. The molecule has 1 saturated heterocycles. The third-order valence-corrected chi connectivity index (χ3v) is 4.06. The molecule has 0 aromatic heterocycles. The molecule has 0 atom stereocenters. The Kier molecular flexibility index (Phi) is 4.75. The van der Waals surface area contributed by atoms with E-state index in [0.29, 0.717) is 6.42 Å². The van der Waals surface area contributed by atoms with Crippen LogP contribution in [0, 0.1) is 6.92 Å². The highest BCUT2D eigenvalue weighted by molar-refractivity contribution is 6.02. The fourth-order valence-electron chi connectivity index (χ4n) is 2.86. The second-order valence-corrected chi connectivity index (χ2v) is 5.88. The normalized spacial score (nSPS) is 14.4. The molecule has 0 spiro atoms. The van der Waals surface area contributed by atoms with Crippen molar-refractivity contribution in [3.05, 3.63) is 65.7 Å². The average Bonchev–Trinajstić information content (AvgIpc) is 3.00. The number of carbonyl (C=O) groups is 2. The van der Waals surface area contributed by atoms with Gasteiger partial charge in [-0.3, -0.25) is 9.59 Å². The minimum absolute atomic E-state index is 0.167. The van der Waals surface area contributed by atoms with Crippen molar-refractivity contribution in [2.75, 3.05) is 16.8 Å². The number of hydrogen-bond acceptors (Lipinski definition) is 2. The maximum Gasteiger partial charge on any atom is 0.248 e. The zero-order valence-electron chi connectivity index (χ0n) is 13.7. The Hall–Kier alpha value is -2.88. The minimum atomic E-state index is -0.178. The van der Waals surface area contributed by atoms with Gasteiger partial charge in [0.1, 0.15) is 0 Å². The lowest BCUT2D eigenvalue weighted by molar-refractivity contribution is -0.117. The number of rotatable bonds is 4. The summed E-state index contributed by atoms with van der Waals surface area (Å²) in [6.45, 7) is 2.72. The Morgan fingerprint density at radius 1 is 1.17 bits per heavy atom. The SMILES string of the molecule is Cc1cc(NC(=O)/C=C/c2ccccc2)ccc1N1CCCC1=O. The van der Waals surface area contributed by atoms with E-state index in [1.54, 1.807) is 6.08 Å². The number of hydrogen-bond donors (Lipinski definition) is 1. The second kappa shape index (κ2) is 7.13. The van der Waals surface area contributed by atoms with Crippen LogP contribution in [0.1, 0.15) is 24.0 Å². The van der Waals surface area contributed by atoms with E-state index in [1.807, 2.05) is 60.4 Å². The smallest absolute Gasteiger partial charge is 0.248 e. The number of nitrogens with zero attached hydrogens (tertiary/aromatic N) is 1. The van der Waals surface area contributed by atoms with E-state index in [-0.39, 0.29) is 11.8 Å². The van der Waals surface area contributed by atoms with E-state index in [2.05, 4.69) is 5.32 Å². The Labute approximate surface area is 141 Å². The van der Waals surface area contributed by atoms with Gasteiger partial charge in [-0.1, -0.05) is 30.3 Å². The molecule has 1 fully saturated rings. The predicted molar refractivity (Wildman–Crippen MR) is 96.9 cm³/mol. The van der Waals surface area contributed by atoms with E-state index in [4.69, 9.17) is 0 Å². The third-order valence-electron chi connectivity index (χ3n) is 4.06. The van der Waals surface area contributed by atoms with Crippen LogP contribution >= 0.6 is 0 Å². The first-order valence-corrected chi connectivity index (χ1v) is 8.08. The molecule has 2 aromatic carbocycles. The number of benzene rings is 2. The number of nitrogens with one attached hydrogen (secondary N) is 1. The molecule has 0 bridgehead atoms. The lowest BCUT2D eigenvalue weighted by atomic mass is 10.1. The summed E-state index contributed by atoms with van der Waals surface area (Å²) < 4.78 is 0. The van der Waals surface area contributed by atoms with Gasteiger partial charge in [-0.25, -0.2) is 0 Å². The van der Waals surface area contributed by atoms with Crippen molar-refractivity contribution in [2.24, 2.45) is 0 Å². The highest BCUT2D eigenvalue weighted by atomic mass is 16.2. The van der Waals surface area contributed by atoms with Crippen molar-refractivity contribution < 1.29 is 9.59 Å². The molecule has 3 rings (SSSR count). The van der Waals surface area contributed by atoms with Crippen LogP contribution in [0.3, 0.4) is 0 Å². The highest BCUT2D eigenvalue weighted by Gasteiger charge is 2.22. The van der Waals surface area contributed by atoms with Gasteiger partial charge in [0.25, 0.3) is 0 Å². The van der Waals surface area contributed by atoms with Crippen LogP contribution in [0.4, 0.5) is 11.4 Å². The van der Waals surface area contributed by atoms with Crippen molar-refractivity contribution in [1.29, 1.82) is 0 Å². The van der Waals surface area contributed by atoms with Gasteiger partial charge in [0, 0.05) is 30.4 Å². The average molecular weight is 320 g/mol. The molecule has 1 aliphatic heterocycles. The van der Waals surface area contributed by atoms with Crippen LogP contribution < -0.4 is 10.2 Å². The van der Waals surface area contributed by atoms with E-state index >= 15 is 0 Å². The summed E-state index contributed by atoms with van der Waals surface area (Å²) in [6, 6.07) is 15.3. The molecule has 0 saturated carbocycles. The van der Waals surface area contributed by atoms with Crippen molar-refractivity contribution in [2.45, 2.75) is 19.8 Å². The van der Waals surface area contributed by atoms with Crippen LogP contribution in [-0.4, -0.2) is 18.4 Å². The van der Waals surface area contributed by atoms with E-state index in [0.717, 1.165) is 35.5 Å². The monoisotopic (exact) mass is 320 g/mol. The minimum Gasteiger partial charge on any atom is -0.323 e. The fourth-order valence-corrected chi connectivity index (χ4v) is 2.86. The lowest BCUT2D eigenvalue weighted by Crippen LogP contribution is -2.24. The molecule has 4 nitrogen and oxygen atoms in total. The van der Waals surface area contributed by atoms with Gasteiger partial charge in [0.15, 0.2) is 0 Å². The number of aryl methyl sites for hydroxylation is 1. The van der Waals surface area contributed by atoms with Crippen molar-refractivity contribution in [3.63, 3.8) is 0 Å². The Balaban J connectivity index is 1.67. The van der Waals surface area contributed by atoms with Crippen LogP contribution in [0.5, 0.6) is 0 Å². The van der Waals surface area contributed by atoms with Crippen LogP contribution in [0.25, 0.3) is 6.08 Å². The molecule has 1 heterocycles. The first kappa shape index (κ1) is 16.0. The highest BCUT2D eigenvalue weighted by Crippen LogP contribution is 2.27. The molecule has 4 heteroatoms. The molecule has 2 amide bonds. The quantitative estimate of drug-likeness (QED) is 0.872. The molecule has 0 radical (unpaired) electrons. The summed E-state index contributed by atoms with van der Waals surface area (Å²) in [5.74, 6) is -0.0102. The summed E-state index contributed by atoms with van der Waals surface area (Å²) in [5.41, 5.74) is 3.61. The van der Waals surface area contributed by atoms with Gasteiger partial charge in [-0.05, 0) is 48.7 Å². The second-order valence-electron chi connectivity index (χ2n) is 5.88.